The third-order valence-electron chi connectivity index (χ3n) is 13.9. The first-order valence-electron chi connectivity index (χ1n) is 20.2. The summed E-state index contributed by atoms with van der Waals surface area (Å²) in [5.41, 5.74) is 6.54. The predicted octanol–water partition coefficient (Wildman–Crippen LogP) is 10.5. The minimum Gasteiger partial charge on any atom is -0.289 e. The lowest BCUT2D eigenvalue weighted by Gasteiger charge is -2.52. The average Bonchev–Trinajstić information content (AvgIpc) is 4.03. The summed E-state index contributed by atoms with van der Waals surface area (Å²) in [5.74, 6) is 1.44. The van der Waals surface area contributed by atoms with E-state index in [4.69, 9.17) is 0 Å². The molecule has 9 rings (SSSR count). The molecular formula is C49H55N3. The lowest BCUT2D eigenvalue weighted by molar-refractivity contribution is 0.00699. The number of hydrogen-bond acceptors (Lipinski definition) is 3. The van der Waals surface area contributed by atoms with Crippen LogP contribution in [-0.2, 0) is 5.54 Å². The highest BCUT2D eigenvalue weighted by Gasteiger charge is 2.54. The van der Waals surface area contributed by atoms with Gasteiger partial charge in [0.05, 0.1) is 5.54 Å². The van der Waals surface area contributed by atoms with Gasteiger partial charge in [-0.1, -0.05) is 152 Å². The van der Waals surface area contributed by atoms with Crippen LogP contribution in [0, 0.1) is 11.8 Å². The van der Waals surface area contributed by atoms with Gasteiger partial charge in [0.15, 0.2) is 0 Å². The van der Waals surface area contributed by atoms with Crippen LogP contribution in [0.3, 0.4) is 0 Å². The fourth-order valence-corrected chi connectivity index (χ4v) is 11.6. The molecular weight excluding hydrogens is 631 g/mol. The molecule has 0 N–H and O–H groups in total. The van der Waals surface area contributed by atoms with Crippen LogP contribution in [0.25, 0.3) is 0 Å². The van der Waals surface area contributed by atoms with E-state index in [1.807, 2.05) is 0 Å². The van der Waals surface area contributed by atoms with Crippen molar-refractivity contribution >= 4 is 0 Å². The van der Waals surface area contributed by atoms with Crippen LogP contribution in [0.2, 0.25) is 0 Å². The maximum atomic E-state index is 3.01. The number of benzene rings is 5. The molecule has 2 aliphatic heterocycles. The van der Waals surface area contributed by atoms with Crippen LogP contribution in [0.5, 0.6) is 0 Å². The molecule has 2 saturated heterocycles. The highest BCUT2D eigenvalue weighted by molar-refractivity contribution is 5.50. The van der Waals surface area contributed by atoms with Gasteiger partial charge >= 0.3 is 0 Å². The molecule has 0 unspecified atom stereocenters. The Morgan fingerprint density at radius 1 is 0.481 bits per heavy atom. The van der Waals surface area contributed by atoms with Crippen molar-refractivity contribution in [2.45, 2.75) is 94.2 Å². The second-order valence-electron chi connectivity index (χ2n) is 16.4. The van der Waals surface area contributed by atoms with Gasteiger partial charge in [0.2, 0.25) is 0 Å². The maximum absolute atomic E-state index is 3.01. The quantitative estimate of drug-likeness (QED) is 0.121. The van der Waals surface area contributed by atoms with Gasteiger partial charge in [-0.3, -0.25) is 14.7 Å². The Balaban J connectivity index is 1.21. The van der Waals surface area contributed by atoms with E-state index in [2.05, 4.69) is 180 Å². The van der Waals surface area contributed by atoms with E-state index >= 15 is 0 Å². The van der Waals surface area contributed by atoms with Crippen LogP contribution in [0.1, 0.15) is 92.3 Å². The molecule has 2 saturated carbocycles. The predicted molar refractivity (Wildman–Crippen MR) is 214 cm³/mol. The Kier molecular flexibility index (Phi) is 9.37. The van der Waals surface area contributed by atoms with Crippen LogP contribution < -0.4 is 0 Å². The molecule has 8 atom stereocenters. The van der Waals surface area contributed by atoms with E-state index in [1.165, 1.54) is 66.3 Å². The SMILES string of the molecule is C[C@@H](c1ccccc1)N1[C@H]2CC[C@H](C2)[C@@H]1CN(C[C@H]1[C@@H]2CC[C@@H](C2)N1[C@@H](C)c1ccccc1)C(c1ccccc1)(c1ccccc1)c1ccccc1. The monoisotopic (exact) mass is 685 g/mol. The lowest BCUT2D eigenvalue weighted by Crippen LogP contribution is -2.59. The van der Waals surface area contributed by atoms with Crippen molar-refractivity contribution < 1.29 is 0 Å². The zero-order valence-corrected chi connectivity index (χ0v) is 31.1. The molecule has 5 aromatic rings. The Bertz CT molecular complexity index is 1710. The van der Waals surface area contributed by atoms with E-state index in [1.54, 1.807) is 0 Å². The van der Waals surface area contributed by atoms with E-state index < -0.39 is 5.54 Å². The minimum absolute atomic E-state index is 0.389. The summed E-state index contributed by atoms with van der Waals surface area (Å²) in [5, 5.41) is 0. The highest BCUT2D eigenvalue weighted by atomic mass is 15.3. The molecule has 4 fully saturated rings. The topological polar surface area (TPSA) is 9.72 Å². The number of hydrogen-bond donors (Lipinski definition) is 0. The molecule has 0 amide bonds. The van der Waals surface area contributed by atoms with E-state index in [0.29, 0.717) is 36.3 Å². The number of nitrogens with zero attached hydrogens (tertiary/aromatic N) is 3. The van der Waals surface area contributed by atoms with E-state index in [-0.39, 0.29) is 0 Å². The molecule has 0 radical (unpaired) electrons. The minimum atomic E-state index is -0.448. The zero-order chi connectivity index (χ0) is 35.1. The average molecular weight is 686 g/mol. The molecule has 5 aromatic carbocycles. The van der Waals surface area contributed by atoms with Gasteiger partial charge < -0.3 is 0 Å². The van der Waals surface area contributed by atoms with Crippen molar-refractivity contribution in [3.8, 4) is 0 Å². The number of piperidine rings is 2. The van der Waals surface area contributed by atoms with Gasteiger partial charge in [0.1, 0.15) is 0 Å². The van der Waals surface area contributed by atoms with Crippen molar-refractivity contribution in [3.63, 3.8) is 0 Å². The van der Waals surface area contributed by atoms with Crippen molar-refractivity contribution in [2.24, 2.45) is 11.8 Å². The van der Waals surface area contributed by atoms with Crippen LogP contribution in [0.15, 0.2) is 152 Å². The number of likely N-dealkylation sites (tertiary alicyclic amines) is 2. The molecule has 266 valence electrons. The molecule has 4 aliphatic rings. The van der Waals surface area contributed by atoms with Gasteiger partial charge in [-0.15, -0.1) is 0 Å². The second kappa shape index (κ2) is 14.4. The van der Waals surface area contributed by atoms with Crippen molar-refractivity contribution in [1.82, 2.24) is 14.7 Å². The number of rotatable bonds is 12. The standard InChI is InChI=1S/C49H55N3/c1-36(38-18-8-3-9-19-38)51-45-30-28-40(32-45)47(51)34-50(35-48-41-29-31-46(33-41)52(48)37(2)39-20-10-4-11-21-39)49(42-22-12-5-13-23-42,43-24-14-6-15-25-43)44-26-16-7-17-27-44/h3-27,36-37,40-41,45-48H,28-35H2,1-2H3/t36-,37-,40+,41+,45-,46-,47-,48-/m0/s1. The summed E-state index contributed by atoms with van der Waals surface area (Å²) in [6.07, 6.45) is 8.01. The van der Waals surface area contributed by atoms with Crippen LogP contribution >= 0.6 is 0 Å². The van der Waals surface area contributed by atoms with Crippen molar-refractivity contribution in [1.29, 1.82) is 0 Å². The molecule has 2 heterocycles. The normalized spacial score (nSPS) is 27.0. The second-order valence-corrected chi connectivity index (χ2v) is 16.4. The molecule has 0 aromatic heterocycles. The Hall–Kier alpha value is -4.02. The Labute approximate surface area is 312 Å². The fourth-order valence-electron chi connectivity index (χ4n) is 11.6. The third kappa shape index (κ3) is 5.86. The first-order chi connectivity index (χ1) is 25.6. The maximum Gasteiger partial charge on any atom is 0.0974 e. The van der Waals surface area contributed by atoms with Gasteiger partial charge in [0.25, 0.3) is 0 Å². The molecule has 2 aliphatic carbocycles. The zero-order valence-electron chi connectivity index (χ0n) is 31.1. The van der Waals surface area contributed by atoms with Crippen LogP contribution in [0.4, 0.5) is 0 Å². The van der Waals surface area contributed by atoms with Gasteiger partial charge in [-0.25, -0.2) is 0 Å². The molecule has 52 heavy (non-hydrogen) atoms. The summed E-state index contributed by atoms with van der Waals surface area (Å²) < 4.78 is 0. The van der Waals surface area contributed by atoms with Crippen LogP contribution in [-0.4, -0.2) is 52.0 Å². The molecule has 3 heteroatoms. The van der Waals surface area contributed by atoms with Gasteiger partial charge in [0, 0.05) is 49.3 Å². The lowest BCUT2D eigenvalue weighted by atomic mass is 9.74. The first-order valence-corrected chi connectivity index (χ1v) is 20.2. The highest BCUT2D eigenvalue weighted by Crippen LogP contribution is 2.52. The fraction of sp³-hybridized carbons (Fsp3) is 0.388. The van der Waals surface area contributed by atoms with E-state index in [9.17, 15) is 0 Å². The molecule has 4 bridgehead atoms. The molecule has 3 nitrogen and oxygen atoms in total. The van der Waals surface area contributed by atoms with E-state index in [0.717, 1.165) is 24.9 Å². The van der Waals surface area contributed by atoms with Crippen molar-refractivity contribution in [2.75, 3.05) is 13.1 Å². The Morgan fingerprint density at radius 3 is 1.15 bits per heavy atom. The summed E-state index contributed by atoms with van der Waals surface area (Å²) in [6.45, 7) is 7.04. The third-order valence-corrected chi connectivity index (χ3v) is 13.9. The summed E-state index contributed by atoms with van der Waals surface area (Å²) >= 11 is 0. The number of fused-ring (bicyclic) bond motifs is 4. The summed E-state index contributed by atoms with van der Waals surface area (Å²) in [7, 11) is 0. The smallest absolute Gasteiger partial charge is 0.0974 e. The molecule has 0 spiro atoms. The summed E-state index contributed by atoms with van der Waals surface area (Å²) in [4.78, 5) is 8.94. The summed E-state index contributed by atoms with van der Waals surface area (Å²) in [6, 6.07) is 60.3. The largest absolute Gasteiger partial charge is 0.289 e. The van der Waals surface area contributed by atoms with Gasteiger partial charge in [-0.2, -0.15) is 0 Å². The van der Waals surface area contributed by atoms with Crippen molar-refractivity contribution in [3.05, 3.63) is 179 Å². The first kappa shape index (κ1) is 33.8. The Morgan fingerprint density at radius 2 is 0.808 bits per heavy atom. The van der Waals surface area contributed by atoms with Gasteiger partial charge in [-0.05, 0) is 92.0 Å².